The Balaban J connectivity index is 2.15. The molecule has 0 aliphatic carbocycles. The molecule has 140 valence electrons. The van der Waals surface area contributed by atoms with Crippen molar-refractivity contribution < 1.29 is 15.0 Å². The first kappa shape index (κ1) is 18.4. The summed E-state index contributed by atoms with van der Waals surface area (Å²) in [5.74, 6) is 0.313. The van der Waals surface area contributed by atoms with Gasteiger partial charge in [-0.05, 0) is 18.6 Å². The van der Waals surface area contributed by atoms with Crippen molar-refractivity contribution >= 4 is 34.5 Å². The molecule has 1 saturated heterocycles. The summed E-state index contributed by atoms with van der Waals surface area (Å²) < 4.78 is 1.38. The van der Waals surface area contributed by atoms with Crippen molar-refractivity contribution in [1.29, 1.82) is 0 Å². The van der Waals surface area contributed by atoms with Crippen LogP contribution in [0.3, 0.4) is 0 Å². The fourth-order valence-electron chi connectivity index (χ4n) is 3.33. The number of pyridine rings is 1. The highest BCUT2D eigenvalue weighted by atomic mass is 35.5. The predicted octanol–water partition coefficient (Wildman–Crippen LogP) is 0.921. The van der Waals surface area contributed by atoms with Crippen LogP contribution in [0.25, 0.3) is 11.0 Å². The van der Waals surface area contributed by atoms with Gasteiger partial charge in [0.1, 0.15) is 10.7 Å². The highest BCUT2D eigenvalue weighted by Crippen LogP contribution is 2.28. The van der Waals surface area contributed by atoms with Crippen molar-refractivity contribution in [3.05, 3.63) is 27.8 Å². The van der Waals surface area contributed by atoms with Crippen molar-refractivity contribution in [3.63, 3.8) is 0 Å². The fraction of sp³-hybridized carbons (Fsp3) is 0.500. The van der Waals surface area contributed by atoms with E-state index in [9.17, 15) is 19.8 Å². The average Bonchev–Trinajstić information content (AvgIpc) is 2.63. The summed E-state index contributed by atoms with van der Waals surface area (Å²) in [4.78, 5) is 35.3. The van der Waals surface area contributed by atoms with Gasteiger partial charge in [-0.1, -0.05) is 18.5 Å². The maximum Gasteiger partial charge on any atom is 0.407 e. The van der Waals surface area contributed by atoms with Gasteiger partial charge >= 0.3 is 11.8 Å². The average molecular weight is 382 g/mol. The van der Waals surface area contributed by atoms with E-state index in [1.165, 1.54) is 9.47 Å². The third kappa shape index (κ3) is 3.08. The highest BCUT2D eigenvalue weighted by Gasteiger charge is 2.37. The molecule has 3 heterocycles. The van der Waals surface area contributed by atoms with Crippen molar-refractivity contribution in [2.75, 3.05) is 24.6 Å². The molecule has 0 spiro atoms. The van der Waals surface area contributed by atoms with Gasteiger partial charge in [0.15, 0.2) is 5.82 Å². The number of halogens is 1. The zero-order valence-electron chi connectivity index (χ0n) is 14.5. The second kappa shape index (κ2) is 7.08. The Hall–Kier alpha value is -2.39. The van der Waals surface area contributed by atoms with E-state index in [-0.39, 0.29) is 24.3 Å². The van der Waals surface area contributed by atoms with E-state index in [1.54, 1.807) is 24.1 Å². The molecule has 2 atom stereocenters. The minimum Gasteiger partial charge on any atom is -0.465 e. The second-order valence-electron chi connectivity index (χ2n) is 6.26. The number of carbonyl (C=O) groups is 1. The van der Waals surface area contributed by atoms with E-state index in [1.807, 2.05) is 6.92 Å². The van der Waals surface area contributed by atoms with Crippen LogP contribution in [0.4, 0.5) is 10.6 Å². The van der Waals surface area contributed by atoms with Crippen molar-refractivity contribution in [1.82, 2.24) is 19.4 Å². The van der Waals surface area contributed by atoms with Crippen LogP contribution in [0.5, 0.6) is 0 Å². The Morgan fingerprint density at radius 1 is 1.31 bits per heavy atom. The number of carboxylic acid groups (broad SMARTS) is 1. The maximum atomic E-state index is 12.3. The number of nitrogens with zero attached hydrogens (tertiary/aromatic N) is 5. The second-order valence-corrected chi connectivity index (χ2v) is 6.65. The van der Waals surface area contributed by atoms with Gasteiger partial charge in [-0.15, -0.1) is 0 Å². The summed E-state index contributed by atoms with van der Waals surface area (Å²) in [7, 11) is 1.60. The van der Waals surface area contributed by atoms with Gasteiger partial charge in [0.25, 0.3) is 0 Å². The molecule has 10 heteroatoms. The molecule has 2 N–H and O–H groups in total. The molecule has 9 nitrogen and oxygen atoms in total. The zero-order chi connectivity index (χ0) is 19.0. The monoisotopic (exact) mass is 381 g/mol. The standard InChI is InChI=1S/C16H20ClN5O4/c1-3-9-6-21(10(8-23)7-22(9)16(25)26)14-13-11(4-5-12(17)18-13)20(2)15(24)19-14/h4-5,9-10,23H,3,6-8H2,1-2H3,(H,25,26)/t9-,10-/m1/s1. The first-order valence-electron chi connectivity index (χ1n) is 8.27. The summed E-state index contributed by atoms with van der Waals surface area (Å²) in [5.41, 5.74) is 0.550. The molecule has 1 amide bonds. The SMILES string of the molecule is CC[C@@H]1CN(c2nc(=O)n(C)c3ccc(Cl)nc23)[C@@H](CO)CN1C(=O)O. The molecule has 2 aromatic rings. The van der Waals surface area contributed by atoms with Gasteiger partial charge in [0.2, 0.25) is 0 Å². The first-order valence-corrected chi connectivity index (χ1v) is 8.65. The molecule has 0 saturated carbocycles. The zero-order valence-corrected chi connectivity index (χ0v) is 15.2. The van der Waals surface area contributed by atoms with E-state index in [0.717, 1.165) is 0 Å². The van der Waals surface area contributed by atoms with Crippen LogP contribution >= 0.6 is 11.6 Å². The molecular formula is C16H20ClN5O4. The summed E-state index contributed by atoms with van der Waals surface area (Å²) in [6.07, 6.45) is -0.435. The molecule has 0 radical (unpaired) electrons. The number of rotatable bonds is 3. The lowest BCUT2D eigenvalue weighted by atomic mass is 10.0. The molecule has 1 fully saturated rings. The fourth-order valence-corrected chi connectivity index (χ4v) is 3.48. The van der Waals surface area contributed by atoms with Crippen molar-refractivity contribution in [3.8, 4) is 0 Å². The molecule has 2 aromatic heterocycles. The Morgan fingerprint density at radius 3 is 2.65 bits per heavy atom. The van der Waals surface area contributed by atoms with Gasteiger partial charge < -0.3 is 20.0 Å². The van der Waals surface area contributed by atoms with Crippen molar-refractivity contribution in [2.24, 2.45) is 7.05 Å². The lowest BCUT2D eigenvalue weighted by Crippen LogP contribution is -2.61. The minimum atomic E-state index is -1.03. The third-order valence-electron chi connectivity index (χ3n) is 4.80. The Bertz CT molecular complexity index is 902. The van der Waals surface area contributed by atoms with Gasteiger partial charge in [-0.2, -0.15) is 4.98 Å². The number of aliphatic hydroxyl groups excluding tert-OH is 1. The van der Waals surface area contributed by atoms with Crippen LogP contribution in [-0.4, -0.2) is 67.5 Å². The number of aliphatic hydroxyl groups is 1. The number of piperazine rings is 1. The lowest BCUT2D eigenvalue weighted by molar-refractivity contribution is 0.0949. The van der Waals surface area contributed by atoms with E-state index < -0.39 is 17.8 Å². The van der Waals surface area contributed by atoms with Gasteiger partial charge in [-0.25, -0.2) is 14.6 Å². The molecule has 0 aromatic carbocycles. The van der Waals surface area contributed by atoms with E-state index in [4.69, 9.17) is 11.6 Å². The van der Waals surface area contributed by atoms with Crippen LogP contribution in [-0.2, 0) is 7.05 Å². The van der Waals surface area contributed by atoms with Gasteiger partial charge in [-0.3, -0.25) is 4.57 Å². The van der Waals surface area contributed by atoms with Gasteiger partial charge in [0, 0.05) is 20.1 Å². The molecule has 3 rings (SSSR count). The first-order chi connectivity index (χ1) is 12.4. The molecule has 26 heavy (non-hydrogen) atoms. The number of hydrogen-bond acceptors (Lipinski definition) is 6. The molecular weight excluding hydrogens is 362 g/mol. The summed E-state index contributed by atoms with van der Waals surface area (Å²) in [6.45, 7) is 2.03. The predicted molar refractivity (Wildman–Crippen MR) is 96.8 cm³/mol. The van der Waals surface area contributed by atoms with Crippen LogP contribution in [0, 0.1) is 0 Å². The van der Waals surface area contributed by atoms with E-state index in [2.05, 4.69) is 9.97 Å². The summed E-state index contributed by atoms with van der Waals surface area (Å²) in [5, 5.41) is 19.5. The lowest BCUT2D eigenvalue weighted by Gasteiger charge is -2.45. The van der Waals surface area contributed by atoms with E-state index >= 15 is 0 Å². The van der Waals surface area contributed by atoms with E-state index in [0.29, 0.717) is 29.8 Å². The smallest absolute Gasteiger partial charge is 0.407 e. The molecule has 0 bridgehead atoms. The number of aryl methyl sites for hydroxylation is 1. The molecule has 1 aliphatic rings. The summed E-state index contributed by atoms with van der Waals surface area (Å²) in [6, 6.07) is 2.47. The van der Waals surface area contributed by atoms with Crippen molar-refractivity contribution in [2.45, 2.75) is 25.4 Å². The normalized spacial score (nSPS) is 20.6. The number of hydrogen-bond donors (Lipinski definition) is 2. The van der Waals surface area contributed by atoms with Crippen LogP contribution in [0.2, 0.25) is 5.15 Å². The minimum absolute atomic E-state index is 0.114. The molecule has 0 unspecified atom stereocenters. The number of fused-ring (bicyclic) bond motifs is 1. The van der Waals surface area contributed by atoms with Crippen LogP contribution < -0.4 is 10.6 Å². The third-order valence-corrected chi connectivity index (χ3v) is 5.01. The maximum absolute atomic E-state index is 12.3. The topological polar surface area (TPSA) is 112 Å². The Labute approximate surface area is 154 Å². The van der Waals surface area contributed by atoms with Crippen LogP contribution in [0.1, 0.15) is 13.3 Å². The highest BCUT2D eigenvalue weighted by molar-refractivity contribution is 6.29. The molecule has 1 aliphatic heterocycles. The van der Waals surface area contributed by atoms with Gasteiger partial charge in [0.05, 0.1) is 24.2 Å². The Morgan fingerprint density at radius 2 is 2.04 bits per heavy atom. The van der Waals surface area contributed by atoms with Crippen LogP contribution in [0.15, 0.2) is 16.9 Å². The largest absolute Gasteiger partial charge is 0.465 e. The quantitative estimate of drug-likeness (QED) is 0.760. The number of amides is 1. The number of aromatic nitrogens is 3. The Kier molecular flexibility index (Phi) is 5.01. The number of anilines is 1. The summed E-state index contributed by atoms with van der Waals surface area (Å²) >= 11 is 6.03.